The van der Waals surface area contributed by atoms with Crippen molar-refractivity contribution in [3.63, 3.8) is 0 Å². The Hall–Kier alpha value is -4.20. The summed E-state index contributed by atoms with van der Waals surface area (Å²) in [5, 5.41) is 37.3. The summed E-state index contributed by atoms with van der Waals surface area (Å²) in [5.74, 6) is -1.15. The summed E-state index contributed by atoms with van der Waals surface area (Å²) in [6.07, 6.45) is -2.73. The standard InChI is InChI=1S/C21H25N7O7/c1-21(2)16-14(11-26(21)19(30)31)17(27(23-16)20(32)33)22-18(29)13-5-4-12(10-15(13)28(34)35)25-8-6-24(3)7-9-25/h4-5,10H,6-9,11H2,1-3H3,(H,22,29)(H,30,31)(H,32,33). The molecule has 0 bridgehead atoms. The van der Waals surface area contributed by atoms with Gasteiger partial charge in [-0.1, -0.05) is 0 Å². The maximum atomic E-state index is 13.1. The van der Waals surface area contributed by atoms with E-state index in [1.165, 1.54) is 12.1 Å². The number of nitro groups is 1. The molecule has 3 N–H and O–H groups in total. The molecule has 1 aromatic carbocycles. The Bertz CT molecular complexity index is 1230. The predicted octanol–water partition coefficient (Wildman–Crippen LogP) is 2.05. The zero-order valence-electron chi connectivity index (χ0n) is 19.4. The molecule has 3 heterocycles. The predicted molar refractivity (Wildman–Crippen MR) is 123 cm³/mol. The molecule has 0 saturated carbocycles. The van der Waals surface area contributed by atoms with Crippen molar-refractivity contribution in [3.8, 4) is 0 Å². The van der Waals surface area contributed by atoms with E-state index in [4.69, 9.17) is 0 Å². The summed E-state index contributed by atoms with van der Waals surface area (Å²) in [6, 6.07) is 4.27. The van der Waals surface area contributed by atoms with E-state index in [9.17, 15) is 34.7 Å². The van der Waals surface area contributed by atoms with E-state index in [-0.39, 0.29) is 29.2 Å². The van der Waals surface area contributed by atoms with Gasteiger partial charge in [-0.3, -0.25) is 19.8 Å². The zero-order valence-corrected chi connectivity index (χ0v) is 19.4. The molecule has 2 aliphatic rings. The molecule has 2 amide bonds. The molecule has 0 radical (unpaired) electrons. The van der Waals surface area contributed by atoms with Crippen LogP contribution in [0.4, 0.5) is 26.8 Å². The van der Waals surface area contributed by atoms with Gasteiger partial charge >= 0.3 is 12.2 Å². The number of nitrogens with one attached hydrogen (secondary N) is 1. The van der Waals surface area contributed by atoms with Gasteiger partial charge in [-0.25, -0.2) is 9.59 Å². The Morgan fingerprint density at radius 3 is 2.34 bits per heavy atom. The second-order valence-corrected chi connectivity index (χ2v) is 9.00. The maximum Gasteiger partial charge on any atom is 0.434 e. The number of hydrogen-bond acceptors (Lipinski definition) is 8. The molecule has 2 aliphatic heterocycles. The summed E-state index contributed by atoms with van der Waals surface area (Å²) in [7, 11) is 1.99. The van der Waals surface area contributed by atoms with Crippen LogP contribution in [0.3, 0.4) is 0 Å². The number of amides is 2. The Morgan fingerprint density at radius 1 is 1.11 bits per heavy atom. The fraction of sp³-hybridized carbons (Fsp3) is 0.429. The fourth-order valence-corrected chi connectivity index (χ4v) is 4.45. The van der Waals surface area contributed by atoms with Crippen LogP contribution in [-0.4, -0.2) is 86.0 Å². The van der Waals surface area contributed by atoms with E-state index in [1.807, 2.05) is 11.9 Å². The second-order valence-electron chi connectivity index (χ2n) is 9.00. The van der Waals surface area contributed by atoms with Gasteiger partial charge in [0.05, 0.1) is 22.7 Å². The number of nitro benzene ring substituents is 1. The molecule has 35 heavy (non-hydrogen) atoms. The SMILES string of the molecule is CN1CCN(c2ccc(C(=O)Nc3c4c(nn3C(=O)O)C(C)(C)N(C(=O)O)C4)c([N+](=O)[O-])c2)CC1. The topological polar surface area (TPSA) is 174 Å². The number of aromatic nitrogens is 2. The minimum atomic E-state index is -1.49. The molecule has 0 aliphatic carbocycles. The van der Waals surface area contributed by atoms with Crippen molar-refractivity contribution < 1.29 is 29.5 Å². The third kappa shape index (κ3) is 4.12. The molecule has 0 spiro atoms. The van der Waals surface area contributed by atoms with Gasteiger partial charge < -0.3 is 25.3 Å². The highest BCUT2D eigenvalue weighted by molar-refractivity contribution is 6.08. The molecule has 14 heteroatoms. The summed E-state index contributed by atoms with van der Waals surface area (Å²) < 4.78 is 0.550. The van der Waals surface area contributed by atoms with Crippen molar-refractivity contribution in [1.29, 1.82) is 0 Å². The largest absolute Gasteiger partial charge is 0.465 e. The van der Waals surface area contributed by atoms with E-state index >= 15 is 0 Å². The number of hydrogen-bond donors (Lipinski definition) is 3. The minimum Gasteiger partial charge on any atom is -0.465 e. The number of carbonyl (C=O) groups is 3. The van der Waals surface area contributed by atoms with Crippen LogP contribution in [0, 0.1) is 10.1 Å². The van der Waals surface area contributed by atoms with Crippen LogP contribution < -0.4 is 10.2 Å². The van der Waals surface area contributed by atoms with Crippen LogP contribution in [0.5, 0.6) is 0 Å². The van der Waals surface area contributed by atoms with E-state index < -0.39 is 34.2 Å². The highest BCUT2D eigenvalue weighted by Crippen LogP contribution is 2.41. The van der Waals surface area contributed by atoms with Crippen LogP contribution in [0.25, 0.3) is 0 Å². The Balaban J connectivity index is 1.68. The van der Waals surface area contributed by atoms with Crippen molar-refractivity contribution in [3.05, 3.63) is 45.1 Å². The lowest BCUT2D eigenvalue weighted by Gasteiger charge is -2.34. The number of piperazine rings is 1. The Labute approximate surface area is 199 Å². The smallest absolute Gasteiger partial charge is 0.434 e. The average Bonchev–Trinajstić information content (AvgIpc) is 3.28. The number of benzene rings is 1. The van der Waals surface area contributed by atoms with Crippen molar-refractivity contribution in [2.45, 2.75) is 25.9 Å². The maximum absolute atomic E-state index is 13.1. The molecular formula is C21H25N7O7. The highest BCUT2D eigenvalue weighted by atomic mass is 16.6. The Kier molecular flexibility index (Phi) is 5.84. The lowest BCUT2D eigenvalue weighted by Crippen LogP contribution is -2.44. The quantitative estimate of drug-likeness (QED) is 0.427. The molecular weight excluding hydrogens is 462 g/mol. The molecule has 1 aromatic heterocycles. The number of rotatable bonds is 4. The lowest BCUT2D eigenvalue weighted by atomic mass is 10.0. The van der Waals surface area contributed by atoms with E-state index in [0.29, 0.717) is 23.5 Å². The molecule has 2 aromatic rings. The van der Waals surface area contributed by atoms with Gasteiger partial charge in [-0.2, -0.15) is 5.10 Å². The zero-order chi connectivity index (χ0) is 25.7. The van der Waals surface area contributed by atoms with Crippen molar-refractivity contribution >= 4 is 35.3 Å². The van der Waals surface area contributed by atoms with E-state index in [0.717, 1.165) is 18.0 Å². The fourth-order valence-electron chi connectivity index (χ4n) is 4.45. The molecule has 186 valence electrons. The van der Waals surface area contributed by atoms with Crippen LogP contribution in [-0.2, 0) is 12.1 Å². The van der Waals surface area contributed by atoms with Gasteiger partial charge in [0.25, 0.3) is 11.6 Å². The average molecular weight is 487 g/mol. The first kappa shape index (κ1) is 23.9. The number of carbonyl (C=O) groups excluding carboxylic acids is 1. The van der Waals surface area contributed by atoms with Crippen molar-refractivity contribution in [2.24, 2.45) is 0 Å². The number of carboxylic acid groups (broad SMARTS) is 2. The summed E-state index contributed by atoms with van der Waals surface area (Å²) in [4.78, 5) is 52.9. The first-order valence-corrected chi connectivity index (χ1v) is 10.8. The minimum absolute atomic E-state index is 0.178. The third-order valence-electron chi connectivity index (χ3n) is 6.49. The molecule has 0 unspecified atom stereocenters. The summed E-state index contributed by atoms with van der Waals surface area (Å²) in [5.41, 5.74) is -0.826. The molecule has 4 rings (SSSR count). The van der Waals surface area contributed by atoms with Crippen molar-refractivity contribution in [1.82, 2.24) is 19.6 Å². The van der Waals surface area contributed by atoms with Gasteiger partial charge in [0, 0.05) is 43.5 Å². The third-order valence-corrected chi connectivity index (χ3v) is 6.49. The second kappa shape index (κ2) is 8.54. The first-order chi connectivity index (χ1) is 16.4. The van der Waals surface area contributed by atoms with Gasteiger partial charge in [0.15, 0.2) is 0 Å². The van der Waals surface area contributed by atoms with E-state index in [2.05, 4.69) is 15.3 Å². The van der Waals surface area contributed by atoms with Gasteiger partial charge in [0.1, 0.15) is 11.4 Å². The van der Waals surface area contributed by atoms with Crippen LogP contribution >= 0.6 is 0 Å². The summed E-state index contributed by atoms with van der Waals surface area (Å²) >= 11 is 0. The van der Waals surface area contributed by atoms with Gasteiger partial charge in [-0.15, -0.1) is 4.68 Å². The monoisotopic (exact) mass is 487 g/mol. The van der Waals surface area contributed by atoms with Crippen LogP contribution in [0.1, 0.15) is 35.5 Å². The molecule has 1 fully saturated rings. The highest BCUT2D eigenvalue weighted by Gasteiger charge is 2.46. The van der Waals surface area contributed by atoms with Gasteiger partial charge in [0.2, 0.25) is 0 Å². The number of anilines is 2. The molecule has 0 atom stereocenters. The van der Waals surface area contributed by atoms with Crippen LogP contribution in [0.2, 0.25) is 0 Å². The van der Waals surface area contributed by atoms with Gasteiger partial charge in [-0.05, 0) is 33.0 Å². The van der Waals surface area contributed by atoms with Crippen LogP contribution in [0.15, 0.2) is 18.2 Å². The number of fused-ring (bicyclic) bond motifs is 1. The lowest BCUT2D eigenvalue weighted by molar-refractivity contribution is -0.385. The molecule has 1 saturated heterocycles. The number of likely N-dealkylation sites (N-methyl/N-ethyl adjacent to an activating group) is 1. The normalized spacial score (nSPS) is 17.2. The van der Waals surface area contributed by atoms with Crippen molar-refractivity contribution in [2.75, 3.05) is 43.4 Å². The van der Waals surface area contributed by atoms with E-state index in [1.54, 1.807) is 19.9 Å². The number of nitrogens with zero attached hydrogens (tertiary/aromatic N) is 6. The first-order valence-electron chi connectivity index (χ1n) is 10.8. The summed E-state index contributed by atoms with van der Waals surface area (Å²) in [6.45, 7) is 5.89. The Morgan fingerprint density at radius 2 is 1.77 bits per heavy atom. The molecule has 14 nitrogen and oxygen atoms in total.